The number of hydrogen-bond acceptors (Lipinski definition) is 4. The molecule has 1 unspecified atom stereocenters. The fraction of sp³-hybridized carbons (Fsp3) is 0.462. The largest absolute Gasteiger partial charge is 0.495 e. The lowest BCUT2D eigenvalue weighted by Gasteiger charge is -2.22. The van der Waals surface area contributed by atoms with Gasteiger partial charge in [0.1, 0.15) is 5.75 Å². The van der Waals surface area contributed by atoms with E-state index in [4.69, 9.17) is 14.2 Å². The minimum absolute atomic E-state index is 0.287. The van der Waals surface area contributed by atoms with E-state index in [1.54, 1.807) is 26.2 Å². The van der Waals surface area contributed by atoms with Crippen LogP contribution in [0.5, 0.6) is 5.75 Å². The zero-order valence-electron chi connectivity index (χ0n) is 11.6. The second-order valence-corrected chi connectivity index (χ2v) is 3.93. The highest BCUT2D eigenvalue weighted by Crippen LogP contribution is 2.22. The van der Waals surface area contributed by atoms with Gasteiger partial charge in [-0.25, -0.2) is 4.79 Å². The molecule has 1 aromatic rings. The van der Waals surface area contributed by atoms with Gasteiger partial charge in [-0.15, -0.1) is 0 Å². The van der Waals surface area contributed by atoms with E-state index in [1.807, 2.05) is 12.1 Å². The summed E-state index contributed by atoms with van der Waals surface area (Å²) in [7, 11) is 4.59. The van der Waals surface area contributed by atoms with Gasteiger partial charge in [0.05, 0.1) is 18.8 Å². The monoisotopic (exact) mass is 268 g/mol. The Balaban J connectivity index is 2.60. The highest BCUT2D eigenvalue weighted by atomic mass is 16.7. The molecule has 106 valence electrons. The van der Waals surface area contributed by atoms with Crippen LogP contribution in [0.25, 0.3) is 0 Å². The number of rotatable bonds is 6. The first-order valence-electron chi connectivity index (χ1n) is 5.88. The zero-order chi connectivity index (χ0) is 14.3. The van der Waals surface area contributed by atoms with Crippen molar-refractivity contribution < 1.29 is 19.0 Å². The Morgan fingerprint density at radius 3 is 2.37 bits per heavy atom. The second-order valence-electron chi connectivity index (χ2n) is 3.93. The van der Waals surface area contributed by atoms with Gasteiger partial charge in [-0.1, -0.05) is 12.1 Å². The van der Waals surface area contributed by atoms with Crippen LogP contribution in [-0.4, -0.2) is 39.7 Å². The lowest BCUT2D eigenvalue weighted by atomic mass is 10.3. The van der Waals surface area contributed by atoms with Gasteiger partial charge >= 0.3 is 6.03 Å². The van der Waals surface area contributed by atoms with E-state index in [9.17, 15) is 4.79 Å². The van der Waals surface area contributed by atoms with Crippen molar-refractivity contribution in [3.63, 3.8) is 0 Å². The number of nitrogens with one attached hydrogen (secondary N) is 2. The third-order valence-corrected chi connectivity index (χ3v) is 2.59. The average molecular weight is 268 g/mol. The summed E-state index contributed by atoms with van der Waals surface area (Å²) in [4.78, 5) is 11.8. The van der Waals surface area contributed by atoms with Gasteiger partial charge in [0.25, 0.3) is 0 Å². The Morgan fingerprint density at radius 2 is 1.79 bits per heavy atom. The van der Waals surface area contributed by atoms with Crippen LogP contribution in [0.3, 0.4) is 0 Å². The molecule has 1 aromatic carbocycles. The van der Waals surface area contributed by atoms with Crippen LogP contribution in [0.1, 0.15) is 6.92 Å². The molecule has 0 aliphatic heterocycles. The molecular formula is C13H20N2O4. The maximum atomic E-state index is 11.8. The number of benzene rings is 1. The van der Waals surface area contributed by atoms with Crippen LogP contribution >= 0.6 is 0 Å². The number of urea groups is 1. The van der Waals surface area contributed by atoms with Crippen LogP contribution in [0, 0.1) is 0 Å². The second kappa shape index (κ2) is 7.60. The molecule has 0 aromatic heterocycles. The molecule has 19 heavy (non-hydrogen) atoms. The maximum Gasteiger partial charge on any atom is 0.319 e. The number of anilines is 1. The normalized spacial score (nSPS) is 12.1. The molecule has 0 aliphatic rings. The van der Waals surface area contributed by atoms with E-state index in [2.05, 4.69) is 10.6 Å². The number of methoxy groups -OCH3 is 3. The van der Waals surface area contributed by atoms with Crippen molar-refractivity contribution in [2.45, 2.75) is 19.3 Å². The Bertz CT molecular complexity index is 407. The standard InChI is InChI=1S/C13H20N2O4/c1-9(12(18-3)19-4)14-13(16)15-10-7-5-6-8-11(10)17-2/h5-9,12H,1-4H3,(H2,14,15,16). The van der Waals surface area contributed by atoms with Crippen molar-refractivity contribution in [2.75, 3.05) is 26.6 Å². The van der Waals surface area contributed by atoms with Crippen LogP contribution < -0.4 is 15.4 Å². The predicted molar refractivity (Wildman–Crippen MR) is 72.4 cm³/mol. The van der Waals surface area contributed by atoms with E-state index in [0.29, 0.717) is 11.4 Å². The molecule has 0 spiro atoms. The van der Waals surface area contributed by atoms with Crippen LogP contribution in [0.4, 0.5) is 10.5 Å². The van der Waals surface area contributed by atoms with Gasteiger partial charge in [0.2, 0.25) is 0 Å². The molecule has 0 saturated heterocycles. The minimum atomic E-state index is -0.497. The van der Waals surface area contributed by atoms with Crippen molar-refractivity contribution in [3.05, 3.63) is 24.3 Å². The summed E-state index contributed by atoms with van der Waals surface area (Å²) in [5.74, 6) is 0.598. The fourth-order valence-electron chi connectivity index (χ4n) is 1.69. The number of para-hydroxylation sites is 2. The maximum absolute atomic E-state index is 11.8. The zero-order valence-corrected chi connectivity index (χ0v) is 11.6. The van der Waals surface area contributed by atoms with Crippen molar-refractivity contribution in [1.82, 2.24) is 5.32 Å². The third-order valence-electron chi connectivity index (χ3n) is 2.59. The summed E-state index contributed by atoms with van der Waals surface area (Å²) in [6.07, 6.45) is -0.497. The van der Waals surface area contributed by atoms with E-state index in [-0.39, 0.29) is 12.1 Å². The molecule has 2 amide bonds. The van der Waals surface area contributed by atoms with Gasteiger partial charge in [-0.3, -0.25) is 0 Å². The average Bonchev–Trinajstić information content (AvgIpc) is 2.40. The molecule has 6 nitrogen and oxygen atoms in total. The minimum Gasteiger partial charge on any atom is -0.495 e. The summed E-state index contributed by atoms with van der Waals surface area (Å²) in [5, 5.41) is 5.44. The molecular weight excluding hydrogens is 248 g/mol. The fourth-order valence-corrected chi connectivity index (χ4v) is 1.69. The van der Waals surface area contributed by atoms with Gasteiger partial charge < -0.3 is 24.8 Å². The van der Waals surface area contributed by atoms with E-state index >= 15 is 0 Å². The smallest absolute Gasteiger partial charge is 0.319 e. The van der Waals surface area contributed by atoms with Crippen LogP contribution in [0.15, 0.2) is 24.3 Å². The molecule has 1 atom stereocenters. The molecule has 0 heterocycles. The summed E-state index contributed by atoms with van der Waals surface area (Å²) in [6.45, 7) is 1.79. The van der Waals surface area contributed by atoms with E-state index < -0.39 is 6.29 Å². The van der Waals surface area contributed by atoms with Gasteiger partial charge in [-0.2, -0.15) is 0 Å². The molecule has 0 radical (unpaired) electrons. The number of carbonyl (C=O) groups excluding carboxylic acids is 1. The molecule has 0 aliphatic carbocycles. The Kier molecular flexibility index (Phi) is 6.11. The molecule has 0 fully saturated rings. The summed E-state index contributed by atoms with van der Waals surface area (Å²) < 4.78 is 15.3. The van der Waals surface area contributed by atoms with Crippen molar-refractivity contribution in [3.8, 4) is 5.75 Å². The lowest BCUT2D eigenvalue weighted by Crippen LogP contribution is -2.44. The van der Waals surface area contributed by atoms with Crippen molar-refractivity contribution in [1.29, 1.82) is 0 Å². The number of amides is 2. The first-order valence-corrected chi connectivity index (χ1v) is 5.88. The van der Waals surface area contributed by atoms with E-state index in [1.165, 1.54) is 14.2 Å². The third kappa shape index (κ3) is 4.42. The molecule has 1 rings (SSSR count). The topological polar surface area (TPSA) is 68.8 Å². The Hall–Kier alpha value is -1.79. The van der Waals surface area contributed by atoms with Crippen molar-refractivity contribution in [2.24, 2.45) is 0 Å². The Morgan fingerprint density at radius 1 is 1.16 bits per heavy atom. The quantitative estimate of drug-likeness (QED) is 0.772. The van der Waals surface area contributed by atoms with Gasteiger partial charge in [-0.05, 0) is 19.1 Å². The summed E-state index contributed by atoms with van der Waals surface area (Å²) >= 11 is 0. The molecule has 0 bridgehead atoms. The number of carbonyl (C=O) groups is 1. The van der Waals surface area contributed by atoms with Crippen LogP contribution in [0.2, 0.25) is 0 Å². The molecule has 2 N–H and O–H groups in total. The number of ether oxygens (including phenoxy) is 3. The highest BCUT2D eigenvalue weighted by molar-refractivity contribution is 5.91. The van der Waals surface area contributed by atoms with Crippen LogP contribution in [-0.2, 0) is 9.47 Å². The molecule has 0 saturated carbocycles. The first kappa shape index (κ1) is 15.3. The lowest BCUT2D eigenvalue weighted by molar-refractivity contribution is -0.117. The van der Waals surface area contributed by atoms with Crippen molar-refractivity contribution >= 4 is 11.7 Å². The number of hydrogen-bond donors (Lipinski definition) is 2. The van der Waals surface area contributed by atoms with Gasteiger partial charge in [0.15, 0.2) is 6.29 Å². The first-order chi connectivity index (χ1) is 9.12. The highest BCUT2D eigenvalue weighted by Gasteiger charge is 2.18. The SMILES string of the molecule is COc1ccccc1NC(=O)NC(C)C(OC)OC. The summed E-state index contributed by atoms with van der Waals surface area (Å²) in [6, 6.07) is 6.53. The Labute approximate surface area is 113 Å². The predicted octanol–water partition coefficient (Wildman–Crippen LogP) is 1.82. The molecule has 6 heteroatoms. The van der Waals surface area contributed by atoms with E-state index in [0.717, 1.165) is 0 Å². The van der Waals surface area contributed by atoms with Gasteiger partial charge in [0, 0.05) is 14.2 Å². The summed E-state index contributed by atoms with van der Waals surface area (Å²) in [5.41, 5.74) is 0.598.